The van der Waals surface area contributed by atoms with Gasteiger partial charge >= 0.3 is 5.97 Å². The minimum Gasteiger partial charge on any atom is -0.464 e. The molecule has 1 N–H and O–H groups in total. The normalized spacial score (nSPS) is 20.7. The van der Waals surface area contributed by atoms with E-state index in [1.54, 1.807) is 5.38 Å². The molecule has 100 valence electrons. The Balaban J connectivity index is 1.92. The second kappa shape index (κ2) is 6.15. The first-order valence-corrected chi connectivity index (χ1v) is 7.13. The Labute approximate surface area is 111 Å². The quantitative estimate of drug-likeness (QED) is 0.845. The van der Waals surface area contributed by atoms with E-state index < -0.39 is 0 Å². The first kappa shape index (κ1) is 13.3. The van der Waals surface area contributed by atoms with E-state index >= 15 is 0 Å². The highest BCUT2D eigenvalue weighted by Crippen LogP contribution is 2.20. The molecular weight excluding hydrogens is 250 g/mol. The van der Waals surface area contributed by atoms with Crippen LogP contribution in [0.3, 0.4) is 0 Å². The molecule has 0 spiro atoms. The summed E-state index contributed by atoms with van der Waals surface area (Å²) in [7, 11) is 1.37. The van der Waals surface area contributed by atoms with Gasteiger partial charge in [0.05, 0.1) is 7.11 Å². The zero-order valence-electron chi connectivity index (χ0n) is 10.8. The predicted octanol–water partition coefficient (Wildman–Crippen LogP) is 1.83. The van der Waals surface area contributed by atoms with E-state index in [-0.39, 0.29) is 5.97 Å². The topological polar surface area (TPSA) is 54.5 Å². The number of anilines is 1. The van der Waals surface area contributed by atoms with Crippen LogP contribution in [-0.4, -0.2) is 48.6 Å². The van der Waals surface area contributed by atoms with Crippen molar-refractivity contribution >= 4 is 22.4 Å². The summed E-state index contributed by atoms with van der Waals surface area (Å²) >= 11 is 1.45. The number of hydrogen-bond acceptors (Lipinski definition) is 6. The Morgan fingerprint density at radius 1 is 1.72 bits per heavy atom. The minimum absolute atomic E-state index is 0.377. The summed E-state index contributed by atoms with van der Waals surface area (Å²) in [5, 5.41) is 5.94. The van der Waals surface area contributed by atoms with Gasteiger partial charge in [0.25, 0.3) is 0 Å². The Bertz CT molecular complexity index is 408. The van der Waals surface area contributed by atoms with Crippen molar-refractivity contribution in [3.05, 3.63) is 11.1 Å². The molecule has 2 rings (SSSR count). The zero-order chi connectivity index (χ0) is 13.0. The highest BCUT2D eigenvalue weighted by atomic mass is 32.1. The lowest BCUT2D eigenvalue weighted by atomic mass is 10.1. The van der Waals surface area contributed by atoms with Crippen LogP contribution < -0.4 is 5.32 Å². The molecule has 1 atom stereocenters. The Morgan fingerprint density at radius 3 is 3.28 bits per heavy atom. The smallest absolute Gasteiger partial charge is 0.357 e. The Morgan fingerprint density at radius 2 is 2.56 bits per heavy atom. The van der Waals surface area contributed by atoms with Crippen LogP contribution in [-0.2, 0) is 4.74 Å². The van der Waals surface area contributed by atoms with E-state index in [1.165, 1.54) is 31.4 Å². The van der Waals surface area contributed by atoms with Gasteiger partial charge in [0.2, 0.25) is 0 Å². The molecule has 0 aromatic carbocycles. The van der Waals surface area contributed by atoms with E-state index in [1.807, 2.05) is 0 Å². The number of aromatic nitrogens is 1. The van der Waals surface area contributed by atoms with Gasteiger partial charge in [0, 0.05) is 18.0 Å². The maximum Gasteiger partial charge on any atom is 0.357 e. The highest BCUT2D eigenvalue weighted by molar-refractivity contribution is 7.13. The number of carbonyl (C=O) groups is 1. The summed E-state index contributed by atoms with van der Waals surface area (Å²) in [5.41, 5.74) is 0.383. The average Bonchev–Trinajstić information content (AvgIpc) is 2.86. The van der Waals surface area contributed by atoms with Gasteiger partial charge < -0.3 is 15.0 Å². The third kappa shape index (κ3) is 3.20. The molecule has 1 aliphatic heterocycles. The average molecular weight is 269 g/mol. The van der Waals surface area contributed by atoms with Crippen molar-refractivity contribution in [2.24, 2.45) is 0 Å². The molecule has 1 aromatic heterocycles. The molecule has 1 unspecified atom stereocenters. The summed E-state index contributed by atoms with van der Waals surface area (Å²) in [5.74, 6) is -0.377. The van der Waals surface area contributed by atoms with Crippen LogP contribution in [0.4, 0.5) is 5.13 Å². The lowest BCUT2D eigenvalue weighted by molar-refractivity contribution is 0.0595. The van der Waals surface area contributed by atoms with Crippen molar-refractivity contribution in [2.45, 2.75) is 25.8 Å². The SMILES string of the molecule is CCN1CCCC(Nc2nc(C(=O)OC)cs2)C1. The molecule has 1 aliphatic rings. The number of hydrogen-bond donors (Lipinski definition) is 1. The van der Waals surface area contributed by atoms with Crippen LogP contribution in [0.1, 0.15) is 30.3 Å². The number of piperidine rings is 1. The molecule has 1 fully saturated rings. The molecule has 6 heteroatoms. The fraction of sp³-hybridized carbons (Fsp3) is 0.667. The Hall–Kier alpha value is -1.14. The molecule has 1 saturated heterocycles. The van der Waals surface area contributed by atoms with Crippen molar-refractivity contribution in [3.8, 4) is 0 Å². The fourth-order valence-corrected chi connectivity index (χ4v) is 2.93. The highest BCUT2D eigenvalue weighted by Gasteiger charge is 2.20. The number of ether oxygens (including phenoxy) is 1. The molecule has 0 amide bonds. The van der Waals surface area contributed by atoms with E-state index in [0.717, 1.165) is 24.6 Å². The van der Waals surface area contributed by atoms with Gasteiger partial charge in [-0.25, -0.2) is 9.78 Å². The lowest BCUT2D eigenvalue weighted by Crippen LogP contribution is -2.41. The number of carbonyl (C=O) groups excluding carboxylic acids is 1. The van der Waals surface area contributed by atoms with Crippen LogP contribution in [0.15, 0.2) is 5.38 Å². The van der Waals surface area contributed by atoms with Crippen LogP contribution >= 0.6 is 11.3 Å². The largest absolute Gasteiger partial charge is 0.464 e. The number of rotatable bonds is 4. The first-order valence-electron chi connectivity index (χ1n) is 6.25. The second-order valence-electron chi connectivity index (χ2n) is 4.41. The number of methoxy groups -OCH3 is 1. The predicted molar refractivity (Wildman–Crippen MR) is 72.2 cm³/mol. The van der Waals surface area contributed by atoms with Gasteiger partial charge in [0.15, 0.2) is 10.8 Å². The minimum atomic E-state index is -0.377. The molecule has 0 bridgehead atoms. The van der Waals surface area contributed by atoms with Gasteiger partial charge in [-0.2, -0.15) is 0 Å². The number of nitrogens with one attached hydrogen (secondary N) is 1. The molecule has 5 nitrogen and oxygen atoms in total. The lowest BCUT2D eigenvalue weighted by Gasteiger charge is -2.32. The van der Waals surface area contributed by atoms with Gasteiger partial charge in [-0.1, -0.05) is 6.92 Å². The van der Waals surface area contributed by atoms with Crippen molar-refractivity contribution in [2.75, 3.05) is 32.1 Å². The van der Waals surface area contributed by atoms with Gasteiger partial charge in [-0.3, -0.25) is 0 Å². The number of thiazole rings is 1. The standard InChI is InChI=1S/C12H19N3O2S/c1-3-15-6-4-5-9(7-15)13-12-14-10(8-18-12)11(16)17-2/h8-9H,3-7H2,1-2H3,(H,13,14). The molecule has 18 heavy (non-hydrogen) atoms. The van der Waals surface area contributed by atoms with Crippen molar-refractivity contribution in [1.82, 2.24) is 9.88 Å². The number of likely N-dealkylation sites (N-methyl/N-ethyl adjacent to an activating group) is 1. The van der Waals surface area contributed by atoms with Crippen LogP contribution in [0.2, 0.25) is 0 Å². The number of nitrogens with zero attached hydrogens (tertiary/aromatic N) is 2. The molecule has 0 aliphatic carbocycles. The van der Waals surface area contributed by atoms with Crippen LogP contribution in [0.5, 0.6) is 0 Å². The van der Waals surface area contributed by atoms with E-state index in [9.17, 15) is 4.79 Å². The van der Waals surface area contributed by atoms with Crippen LogP contribution in [0.25, 0.3) is 0 Å². The third-order valence-corrected chi connectivity index (χ3v) is 3.95. The monoisotopic (exact) mass is 269 g/mol. The molecule has 1 aromatic rings. The zero-order valence-corrected chi connectivity index (χ0v) is 11.6. The molecule has 2 heterocycles. The van der Waals surface area contributed by atoms with Crippen molar-refractivity contribution in [1.29, 1.82) is 0 Å². The van der Waals surface area contributed by atoms with Gasteiger partial charge in [0.1, 0.15) is 0 Å². The third-order valence-electron chi connectivity index (χ3n) is 3.18. The van der Waals surface area contributed by atoms with Crippen molar-refractivity contribution in [3.63, 3.8) is 0 Å². The van der Waals surface area contributed by atoms with Gasteiger partial charge in [-0.15, -0.1) is 11.3 Å². The van der Waals surface area contributed by atoms with E-state index in [0.29, 0.717) is 11.7 Å². The summed E-state index contributed by atoms with van der Waals surface area (Å²) in [6.45, 7) is 5.49. The van der Waals surface area contributed by atoms with E-state index in [4.69, 9.17) is 0 Å². The second-order valence-corrected chi connectivity index (χ2v) is 5.26. The van der Waals surface area contributed by atoms with E-state index in [2.05, 4.69) is 26.9 Å². The molecule has 0 saturated carbocycles. The molecule has 0 radical (unpaired) electrons. The first-order chi connectivity index (χ1) is 8.72. The summed E-state index contributed by atoms with van der Waals surface area (Å²) < 4.78 is 4.64. The maximum absolute atomic E-state index is 11.3. The maximum atomic E-state index is 11.3. The summed E-state index contributed by atoms with van der Waals surface area (Å²) in [6.07, 6.45) is 2.37. The van der Waals surface area contributed by atoms with Gasteiger partial charge in [-0.05, 0) is 25.9 Å². The fourth-order valence-electron chi connectivity index (χ4n) is 2.17. The van der Waals surface area contributed by atoms with Crippen LogP contribution in [0, 0.1) is 0 Å². The van der Waals surface area contributed by atoms with Crippen molar-refractivity contribution < 1.29 is 9.53 Å². The number of likely N-dealkylation sites (tertiary alicyclic amines) is 1. The molecular formula is C12H19N3O2S. The number of esters is 1. The summed E-state index contributed by atoms with van der Waals surface area (Å²) in [4.78, 5) is 18.0. The summed E-state index contributed by atoms with van der Waals surface area (Å²) in [6, 6.07) is 0.426. The Kier molecular flexibility index (Phi) is 4.54.